The van der Waals surface area contributed by atoms with E-state index in [0.29, 0.717) is 25.9 Å². The highest BCUT2D eigenvalue weighted by Gasteiger charge is 2.44. The molecule has 3 rings (SSSR count). The molecule has 0 bridgehead atoms. The number of carbonyl (C=O) groups excluding carboxylic acids is 1. The quantitative estimate of drug-likeness (QED) is 0.636. The summed E-state index contributed by atoms with van der Waals surface area (Å²) in [6.45, 7) is 1.05. The van der Waals surface area contributed by atoms with Crippen molar-refractivity contribution < 1.29 is 14.7 Å². The van der Waals surface area contributed by atoms with Crippen molar-refractivity contribution in [3.8, 4) is 0 Å². The van der Waals surface area contributed by atoms with Gasteiger partial charge in [-0.1, -0.05) is 60.7 Å². The number of rotatable bonds is 8. The van der Waals surface area contributed by atoms with E-state index in [4.69, 9.17) is 11.5 Å². The second kappa shape index (κ2) is 9.20. The van der Waals surface area contributed by atoms with E-state index in [2.05, 4.69) is 4.90 Å². The summed E-state index contributed by atoms with van der Waals surface area (Å²) in [5, 5.41) is 9.57. The van der Waals surface area contributed by atoms with E-state index in [-0.39, 0.29) is 12.3 Å². The molecule has 0 radical (unpaired) electrons. The Labute approximate surface area is 171 Å². The molecule has 2 aromatic rings. The zero-order valence-corrected chi connectivity index (χ0v) is 16.5. The van der Waals surface area contributed by atoms with Crippen LogP contribution in [0.4, 0.5) is 0 Å². The number of carboxylic acid groups (broad SMARTS) is 1. The fraction of sp³-hybridized carbons (Fsp3) is 0.391. The molecule has 1 aliphatic rings. The predicted octanol–water partition coefficient (Wildman–Crippen LogP) is 2.54. The molecule has 2 aromatic carbocycles. The average molecular weight is 396 g/mol. The summed E-state index contributed by atoms with van der Waals surface area (Å²) < 4.78 is 0. The van der Waals surface area contributed by atoms with Crippen LogP contribution in [0.5, 0.6) is 0 Å². The Bertz CT molecular complexity index is 788. The molecule has 2 atom stereocenters. The van der Waals surface area contributed by atoms with Crippen LogP contribution >= 0.6 is 0 Å². The summed E-state index contributed by atoms with van der Waals surface area (Å²) in [6.07, 6.45) is 1.88. The molecule has 6 heteroatoms. The maximum atomic E-state index is 11.7. The lowest BCUT2D eigenvalue weighted by atomic mass is 9.76. The molecular formula is C23H29N3O3. The van der Waals surface area contributed by atoms with E-state index in [1.54, 1.807) is 0 Å². The van der Waals surface area contributed by atoms with Gasteiger partial charge in [0.1, 0.15) is 0 Å². The van der Waals surface area contributed by atoms with Gasteiger partial charge in [0.25, 0.3) is 0 Å². The van der Waals surface area contributed by atoms with Gasteiger partial charge >= 0.3 is 5.97 Å². The van der Waals surface area contributed by atoms with Crippen LogP contribution in [0, 0.1) is 5.92 Å². The number of hydrogen-bond acceptors (Lipinski definition) is 4. The Hall–Kier alpha value is -2.70. The minimum Gasteiger partial charge on any atom is -0.481 e. The van der Waals surface area contributed by atoms with Gasteiger partial charge in [0, 0.05) is 18.9 Å². The van der Waals surface area contributed by atoms with Crippen molar-refractivity contribution in [3.05, 3.63) is 71.8 Å². The van der Waals surface area contributed by atoms with Gasteiger partial charge in [-0.2, -0.15) is 0 Å². The van der Waals surface area contributed by atoms with Crippen LogP contribution in [-0.2, 0) is 9.59 Å². The van der Waals surface area contributed by atoms with E-state index in [1.165, 1.54) is 0 Å². The standard InChI is InChI=1S/C23H29N3O3/c24-20(27)13-14-23(25,26-15-7-12-19(16-26)22(28)29)21(17-8-3-1-4-9-17)18-10-5-2-6-11-18/h1-6,8-11,19,21H,7,12-16,25H2,(H2,24,27)(H,28,29). The topological polar surface area (TPSA) is 110 Å². The highest BCUT2D eigenvalue weighted by atomic mass is 16.4. The van der Waals surface area contributed by atoms with Crippen LogP contribution in [-0.4, -0.2) is 40.6 Å². The number of benzene rings is 2. The zero-order chi connectivity index (χ0) is 20.9. The van der Waals surface area contributed by atoms with E-state index in [0.717, 1.165) is 17.5 Å². The summed E-state index contributed by atoms with van der Waals surface area (Å²) in [5.74, 6) is -1.90. The molecular weight excluding hydrogens is 366 g/mol. The second-order valence-electron chi connectivity index (χ2n) is 7.84. The third-order valence-corrected chi connectivity index (χ3v) is 5.90. The number of piperidine rings is 1. The lowest BCUT2D eigenvalue weighted by molar-refractivity contribution is -0.145. The molecule has 0 aliphatic carbocycles. The Kier molecular flexibility index (Phi) is 6.67. The van der Waals surface area contributed by atoms with Gasteiger partial charge in [-0.05, 0) is 36.9 Å². The van der Waals surface area contributed by atoms with Crippen molar-refractivity contribution in [2.75, 3.05) is 13.1 Å². The first kappa shape index (κ1) is 21.0. The van der Waals surface area contributed by atoms with Crippen LogP contribution in [0.2, 0.25) is 0 Å². The van der Waals surface area contributed by atoms with Crippen LogP contribution in [0.1, 0.15) is 42.7 Å². The minimum atomic E-state index is -0.939. The number of primary amides is 1. The number of hydrogen-bond donors (Lipinski definition) is 3. The number of aliphatic carboxylic acids is 1. The number of amides is 1. The highest BCUT2D eigenvalue weighted by Crippen LogP contribution is 2.40. The van der Waals surface area contributed by atoms with Crippen LogP contribution < -0.4 is 11.5 Å². The van der Waals surface area contributed by atoms with Crippen molar-refractivity contribution in [1.29, 1.82) is 0 Å². The van der Waals surface area contributed by atoms with Crippen molar-refractivity contribution >= 4 is 11.9 Å². The van der Waals surface area contributed by atoms with Gasteiger partial charge in [0.15, 0.2) is 0 Å². The maximum Gasteiger partial charge on any atom is 0.307 e. The predicted molar refractivity (Wildman–Crippen MR) is 112 cm³/mol. The molecule has 5 N–H and O–H groups in total. The third-order valence-electron chi connectivity index (χ3n) is 5.90. The summed E-state index contributed by atoms with van der Waals surface area (Å²) in [6, 6.07) is 19.9. The zero-order valence-electron chi connectivity index (χ0n) is 16.5. The van der Waals surface area contributed by atoms with Crippen molar-refractivity contribution in [1.82, 2.24) is 4.90 Å². The Balaban J connectivity index is 2.08. The van der Waals surface area contributed by atoms with Gasteiger partial charge in [0.2, 0.25) is 5.91 Å². The molecule has 1 amide bonds. The Morgan fingerprint density at radius 2 is 1.62 bits per heavy atom. The fourth-order valence-corrected chi connectivity index (χ4v) is 4.43. The molecule has 1 saturated heterocycles. The monoisotopic (exact) mass is 395 g/mol. The summed E-state index contributed by atoms with van der Waals surface area (Å²) in [5.41, 5.74) is 13.7. The highest BCUT2D eigenvalue weighted by molar-refractivity contribution is 5.74. The number of nitrogens with zero attached hydrogens (tertiary/aromatic N) is 1. The van der Waals surface area contributed by atoms with Gasteiger partial charge in [-0.3, -0.25) is 14.5 Å². The fourth-order valence-electron chi connectivity index (χ4n) is 4.43. The minimum absolute atomic E-state index is 0.140. The van der Waals surface area contributed by atoms with Crippen LogP contribution in [0.3, 0.4) is 0 Å². The molecule has 1 heterocycles. The number of carbonyl (C=O) groups is 2. The second-order valence-corrected chi connectivity index (χ2v) is 7.84. The third kappa shape index (κ3) is 4.83. The Morgan fingerprint density at radius 3 is 2.10 bits per heavy atom. The molecule has 1 aliphatic heterocycles. The van der Waals surface area contributed by atoms with Gasteiger partial charge < -0.3 is 16.6 Å². The molecule has 0 spiro atoms. The number of carboxylic acids is 1. The summed E-state index contributed by atoms with van der Waals surface area (Å²) in [4.78, 5) is 25.4. The number of likely N-dealkylation sites (tertiary alicyclic amines) is 1. The van der Waals surface area contributed by atoms with Crippen molar-refractivity contribution in [2.45, 2.75) is 37.3 Å². The average Bonchev–Trinajstić information content (AvgIpc) is 2.74. The maximum absolute atomic E-state index is 11.7. The lowest BCUT2D eigenvalue weighted by Crippen LogP contribution is -2.63. The van der Waals surface area contributed by atoms with Gasteiger partial charge in [-0.15, -0.1) is 0 Å². The molecule has 1 fully saturated rings. The summed E-state index contributed by atoms with van der Waals surface area (Å²) in [7, 11) is 0. The van der Waals surface area contributed by atoms with Gasteiger partial charge in [-0.25, -0.2) is 0 Å². The van der Waals surface area contributed by atoms with E-state index in [1.807, 2.05) is 60.7 Å². The SMILES string of the molecule is NC(=O)CCC(N)(C(c1ccccc1)c1ccccc1)N1CCCC(C(=O)O)C1. The first-order valence-electron chi connectivity index (χ1n) is 10.1. The van der Waals surface area contributed by atoms with Gasteiger partial charge in [0.05, 0.1) is 11.6 Å². The molecule has 29 heavy (non-hydrogen) atoms. The molecule has 2 unspecified atom stereocenters. The largest absolute Gasteiger partial charge is 0.481 e. The van der Waals surface area contributed by atoms with E-state index >= 15 is 0 Å². The van der Waals surface area contributed by atoms with Crippen LogP contribution in [0.25, 0.3) is 0 Å². The lowest BCUT2D eigenvalue weighted by Gasteiger charge is -2.49. The first-order valence-corrected chi connectivity index (χ1v) is 10.1. The van der Waals surface area contributed by atoms with Crippen LogP contribution in [0.15, 0.2) is 60.7 Å². The smallest absolute Gasteiger partial charge is 0.307 e. The normalized spacial score (nSPS) is 19.6. The van der Waals surface area contributed by atoms with Crippen molar-refractivity contribution in [2.24, 2.45) is 17.4 Å². The molecule has 6 nitrogen and oxygen atoms in total. The molecule has 154 valence electrons. The summed E-state index contributed by atoms with van der Waals surface area (Å²) >= 11 is 0. The first-order chi connectivity index (χ1) is 13.9. The molecule has 0 saturated carbocycles. The number of nitrogens with two attached hydrogens (primary N) is 2. The molecule has 0 aromatic heterocycles. The Morgan fingerprint density at radius 1 is 1.07 bits per heavy atom. The van der Waals surface area contributed by atoms with Crippen molar-refractivity contribution in [3.63, 3.8) is 0 Å². The van der Waals surface area contributed by atoms with E-state index < -0.39 is 23.5 Å². The van der Waals surface area contributed by atoms with E-state index in [9.17, 15) is 14.7 Å².